The van der Waals surface area contributed by atoms with Crippen LogP contribution in [0.4, 0.5) is 0 Å². The van der Waals surface area contributed by atoms with Crippen molar-refractivity contribution < 1.29 is 9.90 Å². The number of aliphatic hydroxyl groups is 1. The minimum atomic E-state index is 0.0860. The molecule has 0 aliphatic heterocycles. The minimum absolute atomic E-state index is 0.0860. The van der Waals surface area contributed by atoms with Gasteiger partial charge in [-0.05, 0) is 19.3 Å². The number of unbranched alkanes of at least 4 members (excludes halogenated alkanes) is 2. The highest BCUT2D eigenvalue weighted by atomic mass is 16.2. The molecule has 0 saturated heterocycles. The van der Waals surface area contributed by atoms with Crippen molar-refractivity contribution in [1.29, 1.82) is 0 Å². The third-order valence-corrected chi connectivity index (χ3v) is 2.02. The van der Waals surface area contributed by atoms with Gasteiger partial charge in [-0.15, -0.1) is 0 Å². The van der Waals surface area contributed by atoms with E-state index in [1.807, 2.05) is 20.9 Å². The zero-order chi connectivity index (χ0) is 10.3. The quantitative estimate of drug-likeness (QED) is 0.636. The van der Waals surface area contributed by atoms with Gasteiger partial charge in [0, 0.05) is 26.1 Å². The van der Waals surface area contributed by atoms with E-state index in [2.05, 4.69) is 0 Å². The highest BCUT2D eigenvalue weighted by molar-refractivity contribution is 5.77. The van der Waals surface area contributed by atoms with E-state index < -0.39 is 0 Å². The normalized spacial score (nSPS) is 10.5. The Morgan fingerprint density at radius 1 is 1.31 bits per heavy atom. The fraction of sp³-hybridized carbons (Fsp3) is 0.900. The van der Waals surface area contributed by atoms with Gasteiger partial charge in [-0.3, -0.25) is 4.79 Å². The molecule has 3 nitrogen and oxygen atoms in total. The molecule has 0 bridgehead atoms. The van der Waals surface area contributed by atoms with Crippen molar-refractivity contribution in [3.8, 4) is 0 Å². The fourth-order valence-electron chi connectivity index (χ4n) is 1.19. The zero-order valence-electron chi connectivity index (χ0n) is 8.92. The lowest BCUT2D eigenvalue weighted by Crippen LogP contribution is -2.31. The van der Waals surface area contributed by atoms with Gasteiger partial charge in [0.25, 0.3) is 0 Å². The Labute approximate surface area is 80.7 Å². The van der Waals surface area contributed by atoms with Crippen LogP contribution in [-0.4, -0.2) is 36.1 Å². The summed E-state index contributed by atoms with van der Waals surface area (Å²) in [5, 5.41) is 8.55. The molecule has 13 heavy (non-hydrogen) atoms. The van der Waals surface area contributed by atoms with E-state index in [0.29, 0.717) is 0 Å². The number of hydrogen-bond donors (Lipinski definition) is 1. The molecular formula is C10H21NO2. The van der Waals surface area contributed by atoms with Crippen LogP contribution in [0, 0.1) is 5.92 Å². The Hall–Kier alpha value is -0.570. The van der Waals surface area contributed by atoms with E-state index in [-0.39, 0.29) is 18.4 Å². The molecule has 1 amide bonds. The lowest BCUT2D eigenvalue weighted by Gasteiger charge is -2.18. The van der Waals surface area contributed by atoms with E-state index in [1.165, 1.54) is 0 Å². The number of aliphatic hydroxyl groups excluding tert-OH is 1. The summed E-state index contributed by atoms with van der Waals surface area (Å²) in [5.41, 5.74) is 0. The Bertz CT molecular complexity index is 146. The van der Waals surface area contributed by atoms with Crippen LogP contribution in [0.3, 0.4) is 0 Å². The maximum Gasteiger partial charge on any atom is 0.224 e. The molecule has 0 aromatic heterocycles. The first-order valence-corrected chi connectivity index (χ1v) is 4.95. The van der Waals surface area contributed by atoms with Crippen LogP contribution in [0.25, 0.3) is 0 Å². The Morgan fingerprint density at radius 2 is 1.92 bits per heavy atom. The average molecular weight is 187 g/mol. The van der Waals surface area contributed by atoms with Crippen LogP contribution in [-0.2, 0) is 4.79 Å². The number of hydrogen-bond acceptors (Lipinski definition) is 2. The molecule has 0 fully saturated rings. The largest absolute Gasteiger partial charge is 0.396 e. The predicted molar refractivity (Wildman–Crippen MR) is 53.4 cm³/mol. The summed E-state index contributed by atoms with van der Waals surface area (Å²) in [7, 11) is 1.83. The summed E-state index contributed by atoms with van der Waals surface area (Å²) in [6.45, 7) is 4.87. The molecule has 0 radical (unpaired) electrons. The van der Waals surface area contributed by atoms with Gasteiger partial charge >= 0.3 is 0 Å². The van der Waals surface area contributed by atoms with E-state index >= 15 is 0 Å². The molecule has 0 atom stereocenters. The van der Waals surface area contributed by atoms with Gasteiger partial charge in [0.05, 0.1) is 0 Å². The van der Waals surface area contributed by atoms with Gasteiger partial charge in [-0.1, -0.05) is 13.8 Å². The number of carbonyl (C=O) groups excluding carboxylic acids is 1. The molecule has 0 heterocycles. The lowest BCUT2D eigenvalue weighted by atomic mass is 10.2. The summed E-state index contributed by atoms with van der Waals surface area (Å²) >= 11 is 0. The topological polar surface area (TPSA) is 40.5 Å². The van der Waals surface area contributed by atoms with Crippen molar-refractivity contribution in [2.45, 2.75) is 33.1 Å². The molecule has 0 rings (SSSR count). The van der Waals surface area contributed by atoms with Gasteiger partial charge in [0.2, 0.25) is 5.91 Å². The molecular weight excluding hydrogens is 166 g/mol. The minimum Gasteiger partial charge on any atom is -0.396 e. The molecule has 3 heteroatoms. The van der Waals surface area contributed by atoms with Gasteiger partial charge in [0.1, 0.15) is 0 Å². The first-order chi connectivity index (χ1) is 6.09. The average Bonchev–Trinajstić information content (AvgIpc) is 2.10. The maximum absolute atomic E-state index is 11.4. The van der Waals surface area contributed by atoms with Crippen molar-refractivity contribution >= 4 is 5.91 Å². The van der Waals surface area contributed by atoms with Crippen molar-refractivity contribution in [3.05, 3.63) is 0 Å². The Balaban J connectivity index is 3.50. The lowest BCUT2D eigenvalue weighted by molar-refractivity contribution is -0.133. The highest BCUT2D eigenvalue weighted by Crippen LogP contribution is 2.02. The number of nitrogens with zero attached hydrogens (tertiary/aromatic N) is 1. The van der Waals surface area contributed by atoms with Gasteiger partial charge in [-0.25, -0.2) is 0 Å². The predicted octanol–water partition coefficient (Wildman–Crippen LogP) is 1.26. The third kappa shape index (κ3) is 5.64. The first kappa shape index (κ1) is 12.4. The van der Waals surface area contributed by atoms with Crippen LogP contribution in [0.15, 0.2) is 0 Å². The fourth-order valence-corrected chi connectivity index (χ4v) is 1.19. The smallest absolute Gasteiger partial charge is 0.224 e. The molecule has 0 spiro atoms. The molecule has 0 saturated carbocycles. The maximum atomic E-state index is 11.4. The van der Waals surface area contributed by atoms with E-state index in [4.69, 9.17) is 5.11 Å². The summed E-state index contributed by atoms with van der Waals surface area (Å²) in [4.78, 5) is 13.1. The van der Waals surface area contributed by atoms with Gasteiger partial charge in [0.15, 0.2) is 0 Å². The number of amides is 1. The van der Waals surface area contributed by atoms with Crippen LogP contribution in [0.5, 0.6) is 0 Å². The zero-order valence-corrected chi connectivity index (χ0v) is 8.92. The van der Waals surface area contributed by atoms with Crippen LogP contribution >= 0.6 is 0 Å². The Morgan fingerprint density at radius 3 is 2.38 bits per heavy atom. The second-order valence-corrected chi connectivity index (χ2v) is 3.70. The van der Waals surface area contributed by atoms with E-state index in [0.717, 1.165) is 25.8 Å². The van der Waals surface area contributed by atoms with Gasteiger partial charge < -0.3 is 10.0 Å². The highest BCUT2D eigenvalue weighted by Gasteiger charge is 2.11. The van der Waals surface area contributed by atoms with Crippen LogP contribution in [0.2, 0.25) is 0 Å². The van der Waals surface area contributed by atoms with Crippen LogP contribution in [0.1, 0.15) is 33.1 Å². The molecule has 0 aromatic carbocycles. The SMILES string of the molecule is CC(C)C(=O)N(C)CCCCCO. The summed E-state index contributed by atoms with van der Waals surface area (Å²) < 4.78 is 0. The number of carbonyl (C=O) groups is 1. The van der Waals surface area contributed by atoms with Crippen molar-refractivity contribution in [1.82, 2.24) is 4.90 Å². The van der Waals surface area contributed by atoms with Gasteiger partial charge in [-0.2, -0.15) is 0 Å². The Kier molecular flexibility index (Phi) is 6.59. The van der Waals surface area contributed by atoms with E-state index in [9.17, 15) is 4.79 Å². The molecule has 0 aliphatic carbocycles. The first-order valence-electron chi connectivity index (χ1n) is 4.95. The molecule has 0 aliphatic rings. The molecule has 0 aromatic rings. The van der Waals surface area contributed by atoms with Crippen molar-refractivity contribution in [2.24, 2.45) is 5.92 Å². The molecule has 78 valence electrons. The van der Waals surface area contributed by atoms with Crippen LogP contribution < -0.4 is 0 Å². The summed E-state index contributed by atoms with van der Waals surface area (Å²) in [6.07, 6.45) is 2.81. The summed E-state index contributed by atoms with van der Waals surface area (Å²) in [6, 6.07) is 0. The molecule has 0 unspecified atom stereocenters. The standard InChI is InChI=1S/C10H21NO2/c1-9(2)10(13)11(3)7-5-4-6-8-12/h9,12H,4-8H2,1-3H3. The monoisotopic (exact) mass is 187 g/mol. The third-order valence-electron chi connectivity index (χ3n) is 2.02. The summed E-state index contributed by atoms with van der Waals surface area (Å²) in [5.74, 6) is 0.284. The second kappa shape index (κ2) is 6.89. The van der Waals surface area contributed by atoms with Crippen molar-refractivity contribution in [2.75, 3.05) is 20.2 Å². The number of rotatable bonds is 6. The van der Waals surface area contributed by atoms with E-state index in [1.54, 1.807) is 4.90 Å². The molecule has 1 N–H and O–H groups in total. The van der Waals surface area contributed by atoms with Crippen molar-refractivity contribution in [3.63, 3.8) is 0 Å². The second-order valence-electron chi connectivity index (χ2n) is 3.70.